The Kier molecular flexibility index (Phi) is 5.18. The lowest BCUT2D eigenvalue weighted by molar-refractivity contribution is 0.123. The monoisotopic (exact) mass is 439 g/mol. The first-order chi connectivity index (χ1) is 15.4. The molecule has 1 aliphatic heterocycles. The van der Waals surface area contributed by atoms with Crippen LogP contribution in [0.4, 0.5) is 4.39 Å². The third kappa shape index (κ3) is 3.55. The highest BCUT2D eigenvalue weighted by Crippen LogP contribution is 2.17. The van der Waals surface area contributed by atoms with Gasteiger partial charge in [0.15, 0.2) is 11.2 Å². The minimum Gasteiger partial charge on any atom is -0.313 e. The van der Waals surface area contributed by atoms with Crippen LogP contribution in [0.5, 0.6) is 0 Å². The summed E-state index contributed by atoms with van der Waals surface area (Å²) >= 11 is 0. The van der Waals surface area contributed by atoms with Crippen molar-refractivity contribution in [2.75, 3.05) is 32.7 Å². The van der Waals surface area contributed by atoms with Crippen molar-refractivity contribution < 1.29 is 4.39 Å². The molecule has 0 radical (unpaired) electrons. The van der Waals surface area contributed by atoms with Crippen molar-refractivity contribution in [2.45, 2.75) is 20.0 Å². The number of rotatable bonds is 5. The number of piperazine rings is 1. The molecule has 3 aromatic heterocycles. The molecule has 1 saturated heterocycles. The second-order valence-corrected chi connectivity index (χ2v) is 8.40. The SMILES string of the molecule is Cc1cn2c3c(=O)[nH]c(=O)n(C)c3nc2n1CCN1CCN(Cc2ccccc2F)CC1. The van der Waals surface area contributed by atoms with Gasteiger partial charge in [0.2, 0.25) is 5.78 Å². The summed E-state index contributed by atoms with van der Waals surface area (Å²) in [4.78, 5) is 35.9. The smallest absolute Gasteiger partial charge is 0.313 e. The fourth-order valence-corrected chi connectivity index (χ4v) is 4.47. The molecule has 168 valence electrons. The summed E-state index contributed by atoms with van der Waals surface area (Å²) < 4.78 is 19.1. The van der Waals surface area contributed by atoms with Crippen LogP contribution >= 0.6 is 0 Å². The lowest BCUT2D eigenvalue weighted by Gasteiger charge is -2.34. The Balaban J connectivity index is 1.28. The third-order valence-electron chi connectivity index (χ3n) is 6.37. The first kappa shape index (κ1) is 20.7. The van der Waals surface area contributed by atoms with Crippen LogP contribution in [0.2, 0.25) is 0 Å². The molecule has 0 bridgehead atoms. The number of imidazole rings is 2. The average Bonchev–Trinajstić information content (AvgIpc) is 3.28. The molecule has 1 N–H and O–H groups in total. The molecule has 4 heterocycles. The predicted molar refractivity (Wildman–Crippen MR) is 119 cm³/mol. The van der Waals surface area contributed by atoms with E-state index >= 15 is 0 Å². The number of nitrogens with zero attached hydrogens (tertiary/aromatic N) is 6. The van der Waals surface area contributed by atoms with Crippen molar-refractivity contribution in [1.82, 2.24) is 33.3 Å². The lowest BCUT2D eigenvalue weighted by atomic mass is 10.2. The number of aryl methyl sites for hydroxylation is 2. The Morgan fingerprint density at radius 3 is 2.53 bits per heavy atom. The number of H-pyrrole nitrogens is 1. The zero-order valence-corrected chi connectivity index (χ0v) is 18.2. The molecule has 0 amide bonds. The van der Waals surface area contributed by atoms with Crippen LogP contribution in [0.1, 0.15) is 11.3 Å². The van der Waals surface area contributed by atoms with Gasteiger partial charge in [-0.05, 0) is 13.0 Å². The van der Waals surface area contributed by atoms with Gasteiger partial charge in [-0.3, -0.25) is 28.5 Å². The quantitative estimate of drug-likeness (QED) is 0.501. The second kappa shape index (κ2) is 8.03. The minimum atomic E-state index is -0.472. The molecule has 0 aliphatic carbocycles. The van der Waals surface area contributed by atoms with Crippen molar-refractivity contribution in [1.29, 1.82) is 0 Å². The van der Waals surface area contributed by atoms with Gasteiger partial charge in [0, 0.05) is 70.3 Å². The molecule has 32 heavy (non-hydrogen) atoms. The fourth-order valence-electron chi connectivity index (χ4n) is 4.47. The Morgan fingerprint density at radius 2 is 1.78 bits per heavy atom. The van der Waals surface area contributed by atoms with E-state index in [9.17, 15) is 14.0 Å². The topological polar surface area (TPSA) is 83.6 Å². The maximum atomic E-state index is 13.9. The Labute approximate surface area is 183 Å². The average molecular weight is 439 g/mol. The van der Waals surface area contributed by atoms with E-state index in [0.29, 0.717) is 23.5 Å². The number of benzene rings is 1. The van der Waals surface area contributed by atoms with Gasteiger partial charge in [0.1, 0.15) is 5.82 Å². The molecule has 9 nitrogen and oxygen atoms in total. The summed E-state index contributed by atoms with van der Waals surface area (Å²) in [6.45, 7) is 7.79. The zero-order valence-electron chi connectivity index (χ0n) is 18.2. The van der Waals surface area contributed by atoms with E-state index < -0.39 is 11.2 Å². The van der Waals surface area contributed by atoms with Crippen LogP contribution < -0.4 is 11.2 Å². The van der Waals surface area contributed by atoms with Crippen LogP contribution in [0.25, 0.3) is 16.9 Å². The lowest BCUT2D eigenvalue weighted by Crippen LogP contribution is -2.46. The molecule has 1 fully saturated rings. The van der Waals surface area contributed by atoms with Crippen LogP contribution in [-0.4, -0.2) is 66.0 Å². The second-order valence-electron chi connectivity index (χ2n) is 8.40. The molecular formula is C22H26FN7O2. The molecule has 0 unspecified atom stereocenters. The minimum absolute atomic E-state index is 0.148. The van der Waals surface area contributed by atoms with Gasteiger partial charge in [-0.1, -0.05) is 18.2 Å². The number of hydrogen-bond acceptors (Lipinski definition) is 5. The van der Waals surface area contributed by atoms with Crippen molar-refractivity contribution in [3.05, 3.63) is 68.4 Å². The maximum absolute atomic E-state index is 13.9. The van der Waals surface area contributed by atoms with Gasteiger partial charge in [0.25, 0.3) is 5.56 Å². The van der Waals surface area contributed by atoms with E-state index in [4.69, 9.17) is 0 Å². The van der Waals surface area contributed by atoms with Crippen LogP contribution in [0.15, 0.2) is 40.1 Å². The normalized spacial score (nSPS) is 15.8. The Morgan fingerprint density at radius 1 is 1.06 bits per heavy atom. The van der Waals surface area contributed by atoms with E-state index in [-0.39, 0.29) is 5.82 Å². The third-order valence-corrected chi connectivity index (χ3v) is 6.37. The first-order valence-electron chi connectivity index (χ1n) is 10.8. The number of nitrogens with one attached hydrogen (secondary N) is 1. The van der Waals surface area contributed by atoms with E-state index in [1.807, 2.05) is 25.3 Å². The van der Waals surface area contributed by atoms with Gasteiger partial charge in [-0.2, -0.15) is 4.98 Å². The highest BCUT2D eigenvalue weighted by molar-refractivity contribution is 5.75. The van der Waals surface area contributed by atoms with Gasteiger partial charge >= 0.3 is 5.69 Å². The fraction of sp³-hybridized carbons (Fsp3) is 0.409. The number of fused-ring (bicyclic) bond motifs is 3. The summed E-state index contributed by atoms with van der Waals surface area (Å²) in [6, 6.07) is 6.95. The van der Waals surface area contributed by atoms with Crippen LogP contribution in [0, 0.1) is 12.7 Å². The van der Waals surface area contributed by atoms with E-state index in [1.165, 1.54) is 10.6 Å². The number of hydrogen-bond donors (Lipinski definition) is 1. The van der Waals surface area contributed by atoms with Gasteiger partial charge in [-0.15, -0.1) is 0 Å². The van der Waals surface area contributed by atoms with Gasteiger partial charge in [-0.25, -0.2) is 9.18 Å². The molecule has 0 atom stereocenters. The molecule has 4 aromatic rings. The highest BCUT2D eigenvalue weighted by atomic mass is 19.1. The first-order valence-corrected chi connectivity index (χ1v) is 10.8. The standard InChI is InChI=1S/C22H26FN7O2/c1-15-13-30-18-19(26(2)22(32)25-20(18)31)24-21(30)29(15)12-11-27-7-9-28(10-8-27)14-16-5-3-4-6-17(16)23/h3-6,13H,7-12,14H2,1-2H3,(H,25,31,32). The van der Waals surface area contributed by atoms with E-state index in [2.05, 4.69) is 24.3 Å². The van der Waals surface area contributed by atoms with Gasteiger partial charge in [0.05, 0.1) is 0 Å². The van der Waals surface area contributed by atoms with Gasteiger partial charge < -0.3 is 4.57 Å². The highest BCUT2D eigenvalue weighted by Gasteiger charge is 2.20. The zero-order chi connectivity index (χ0) is 22.4. The number of aromatic nitrogens is 5. The summed E-state index contributed by atoms with van der Waals surface area (Å²) in [6.07, 6.45) is 1.89. The van der Waals surface area contributed by atoms with Crippen LogP contribution in [0.3, 0.4) is 0 Å². The molecule has 0 spiro atoms. The van der Waals surface area contributed by atoms with Crippen LogP contribution in [-0.2, 0) is 20.1 Å². The molecule has 1 aromatic carbocycles. The van der Waals surface area contributed by atoms with Crippen molar-refractivity contribution >= 4 is 16.9 Å². The van der Waals surface area contributed by atoms with Crippen molar-refractivity contribution in [2.24, 2.45) is 7.05 Å². The number of halogens is 1. The van der Waals surface area contributed by atoms with Crippen molar-refractivity contribution in [3.8, 4) is 0 Å². The Hall–Kier alpha value is -3.24. The summed E-state index contributed by atoms with van der Waals surface area (Å²) in [5.41, 5.74) is 1.59. The molecular weight excluding hydrogens is 413 g/mol. The summed E-state index contributed by atoms with van der Waals surface area (Å²) in [7, 11) is 1.60. The summed E-state index contributed by atoms with van der Waals surface area (Å²) in [5, 5.41) is 0. The van der Waals surface area contributed by atoms with E-state index in [1.54, 1.807) is 17.5 Å². The molecule has 0 saturated carbocycles. The molecule has 1 aliphatic rings. The summed E-state index contributed by atoms with van der Waals surface area (Å²) in [5.74, 6) is 0.507. The Bertz CT molecular complexity index is 1410. The number of aromatic amines is 1. The largest absolute Gasteiger partial charge is 0.329 e. The molecule has 10 heteroatoms. The van der Waals surface area contributed by atoms with Crippen molar-refractivity contribution in [3.63, 3.8) is 0 Å². The predicted octanol–water partition coefficient (Wildman–Crippen LogP) is 0.941. The van der Waals surface area contributed by atoms with E-state index in [0.717, 1.165) is 50.5 Å². The molecule has 5 rings (SSSR count). The maximum Gasteiger partial charge on any atom is 0.329 e.